The van der Waals surface area contributed by atoms with Crippen molar-refractivity contribution in [1.82, 2.24) is 36.1 Å². The summed E-state index contributed by atoms with van der Waals surface area (Å²) in [4.78, 5) is 78.7. The van der Waals surface area contributed by atoms with Gasteiger partial charge in [-0.3, -0.25) is 39.3 Å². The number of nitrogens with one attached hydrogen (secondary N) is 4. The van der Waals surface area contributed by atoms with Gasteiger partial charge in [0.1, 0.15) is 12.1 Å². The predicted molar refractivity (Wildman–Crippen MR) is 180 cm³/mol. The van der Waals surface area contributed by atoms with Crippen LogP contribution in [-0.4, -0.2) is 81.0 Å². The van der Waals surface area contributed by atoms with E-state index in [0.717, 1.165) is 69.9 Å². The largest absolute Gasteiger partial charge is 0.347 e. The second-order valence-electron chi connectivity index (χ2n) is 15.5. The van der Waals surface area contributed by atoms with Crippen LogP contribution in [0.4, 0.5) is 0 Å². The fourth-order valence-electron chi connectivity index (χ4n) is 7.95. The van der Waals surface area contributed by atoms with E-state index in [4.69, 9.17) is 0 Å². The maximum atomic E-state index is 14.6. The average Bonchev–Trinajstić information content (AvgIpc) is 3.63. The molecule has 2 heterocycles. The van der Waals surface area contributed by atoms with Crippen molar-refractivity contribution in [2.24, 2.45) is 23.2 Å². The summed E-state index contributed by atoms with van der Waals surface area (Å²) in [7, 11) is 0. The van der Waals surface area contributed by atoms with Crippen LogP contribution in [0.15, 0.2) is 18.6 Å². The average molecular weight is 666 g/mol. The van der Waals surface area contributed by atoms with Crippen LogP contribution in [0.25, 0.3) is 0 Å². The Morgan fingerprint density at radius 3 is 2.33 bits per heavy atom. The SMILES string of the molecule is CCC[C@H](NC(=O)[C@@H]1[C@H]2CCC[C@H]2CN1C(=O)[C@@H](NC(=O)[C@@H](NCc1cnccn1)C1CCCCC1)C(C)(C)C)C(=O)C(=O)NC1CC1. The zero-order valence-corrected chi connectivity index (χ0v) is 29.1. The molecule has 3 aliphatic carbocycles. The number of likely N-dealkylation sites (tertiary alicyclic amines) is 1. The number of carbonyl (C=O) groups excluding carboxylic acids is 5. The van der Waals surface area contributed by atoms with E-state index in [1.165, 1.54) is 0 Å². The monoisotopic (exact) mass is 665 g/mol. The molecule has 4 fully saturated rings. The van der Waals surface area contributed by atoms with Gasteiger partial charge >= 0.3 is 0 Å². The lowest BCUT2D eigenvalue weighted by atomic mass is 9.82. The fourth-order valence-corrected chi connectivity index (χ4v) is 7.95. The number of fused-ring (bicyclic) bond motifs is 1. The van der Waals surface area contributed by atoms with Gasteiger partial charge in [-0.25, -0.2) is 0 Å². The number of amides is 4. The first-order chi connectivity index (χ1) is 23.0. The van der Waals surface area contributed by atoms with Gasteiger partial charge in [-0.05, 0) is 68.1 Å². The van der Waals surface area contributed by atoms with E-state index in [1.807, 2.05) is 27.7 Å². The van der Waals surface area contributed by atoms with Crippen LogP contribution >= 0.6 is 0 Å². The van der Waals surface area contributed by atoms with Crippen molar-refractivity contribution in [3.05, 3.63) is 24.3 Å². The van der Waals surface area contributed by atoms with Crippen molar-refractivity contribution in [3.63, 3.8) is 0 Å². The third-order valence-electron chi connectivity index (χ3n) is 10.7. The molecule has 4 N–H and O–H groups in total. The predicted octanol–water partition coefficient (Wildman–Crippen LogP) is 2.81. The molecule has 1 aromatic heterocycles. The van der Waals surface area contributed by atoms with Crippen LogP contribution in [0.3, 0.4) is 0 Å². The molecule has 4 aliphatic rings. The maximum Gasteiger partial charge on any atom is 0.289 e. The summed E-state index contributed by atoms with van der Waals surface area (Å²) in [5, 5.41) is 12.2. The second-order valence-corrected chi connectivity index (χ2v) is 15.5. The molecule has 12 heteroatoms. The van der Waals surface area contributed by atoms with Crippen LogP contribution in [0.2, 0.25) is 0 Å². The summed E-state index contributed by atoms with van der Waals surface area (Å²) < 4.78 is 0. The number of hydrogen-bond donors (Lipinski definition) is 4. The summed E-state index contributed by atoms with van der Waals surface area (Å²) in [5.74, 6) is -1.95. The highest BCUT2D eigenvalue weighted by Crippen LogP contribution is 2.43. The summed E-state index contributed by atoms with van der Waals surface area (Å²) in [6.45, 7) is 8.50. The number of nitrogens with zero attached hydrogens (tertiary/aromatic N) is 3. The van der Waals surface area contributed by atoms with Gasteiger partial charge in [0.05, 0.1) is 17.8 Å². The van der Waals surface area contributed by atoms with Crippen molar-refractivity contribution in [2.45, 2.75) is 141 Å². The van der Waals surface area contributed by atoms with E-state index in [0.29, 0.717) is 25.9 Å². The molecule has 4 amide bonds. The Balaban J connectivity index is 1.34. The molecule has 48 heavy (non-hydrogen) atoms. The highest BCUT2D eigenvalue weighted by Gasteiger charge is 2.52. The van der Waals surface area contributed by atoms with Crippen molar-refractivity contribution in [1.29, 1.82) is 0 Å². The van der Waals surface area contributed by atoms with Crippen LogP contribution in [0, 0.1) is 23.2 Å². The number of hydrogen-bond acceptors (Lipinski definition) is 8. The lowest BCUT2D eigenvalue weighted by molar-refractivity contribution is -0.146. The van der Waals surface area contributed by atoms with Crippen molar-refractivity contribution >= 4 is 29.4 Å². The van der Waals surface area contributed by atoms with E-state index < -0.39 is 47.2 Å². The van der Waals surface area contributed by atoms with Crippen LogP contribution < -0.4 is 21.3 Å². The fraction of sp³-hybridized carbons (Fsp3) is 0.750. The Morgan fingerprint density at radius 2 is 1.69 bits per heavy atom. The normalized spacial score (nSPS) is 24.7. The Hall–Kier alpha value is -3.41. The van der Waals surface area contributed by atoms with E-state index in [1.54, 1.807) is 23.5 Å². The number of carbonyl (C=O) groups is 5. The van der Waals surface area contributed by atoms with Gasteiger partial charge in [0, 0.05) is 37.7 Å². The maximum absolute atomic E-state index is 14.6. The molecule has 0 bridgehead atoms. The van der Waals surface area contributed by atoms with Crippen molar-refractivity contribution in [2.75, 3.05) is 6.54 Å². The third kappa shape index (κ3) is 8.78. The first kappa shape index (κ1) is 35.9. The molecule has 0 unspecified atom stereocenters. The molecular weight excluding hydrogens is 610 g/mol. The summed E-state index contributed by atoms with van der Waals surface area (Å²) >= 11 is 0. The zero-order valence-electron chi connectivity index (χ0n) is 29.1. The van der Waals surface area contributed by atoms with E-state index in [2.05, 4.69) is 31.2 Å². The highest BCUT2D eigenvalue weighted by molar-refractivity contribution is 6.38. The molecule has 5 rings (SSSR count). The van der Waals surface area contributed by atoms with Gasteiger partial charge in [-0.15, -0.1) is 0 Å². The van der Waals surface area contributed by atoms with Crippen molar-refractivity contribution in [3.8, 4) is 0 Å². The molecule has 12 nitrogen and oxygen atoms in total. The number of aromatic nitrogens is 2. The van der Waals surface area contributed by atoms with E-state index in [9.17, 15) is 24.0 Å². The Bertz CT molecular complexity index is 1310. The topological polar surface area (TPSA) is 162 Å². The van der Waals surface area contributed by atoms with Crippen molar-refractivity contribution < 1.29 is 24.0 Å². The third-order valence-corrected chi connectivity index (χ3v) is 10.7. The minimum absolute atomic E-state index is 0.0334. The summed E-state index contributed by atoms with van der Waals surface area (Å²) in [5.41, 5.74) is 0.0895. The quantitative estimate of drug-likeness (QED) is 0.221. The minimum atomic E-state index is -0.951. The summed E-state index contributed by atoms with van der Waals surface area (Å²) in [6.07, 6.45) is 15.4. The summed E-state index contributed by atoms with van der Waals surface area (Å²) in [6, 6.07) is -3.07. The molecule has 3 saturated carbocycles. The second kappa shape index (κ2) is 15.9. The first-order valence-electron chi connectivity index (χ1n) is 18.2. The molecule has 0 radical (unpaired) electrons. The molecule has 1 aliphatic heterocycles. The van der Waals surface area contributed by atoms with Gasteiger partial charge in [-0.2, -0.15) is 0 Å². The minimum Gasteiger partial charge on any atom is -0.347 e. The molecule has 0 aromatic carbocycles. The van der Waals surface area contributed by atoms with Crippen LogP contribution in [-0.2, 0) is 30.5 Å². The lowest BCUT2D eigenvalue weighted by Crippen LogP contribution is -2.62. The number of rotatable bonds is 14. The van der Waals surface area contributed by atoms with Gasteiger partial charge < -0.3 is 20.9 Å². The Morgan fingerprint density at radius 1 is 0.938 bits per heavy atom. The molecule has 1 saturated heterocycles. The van der Waals surface area contributed by atoms with Gasteiger partial charge in [0.25, 0.3) is 5.91 Å². The standard InChI is InChI=1S/C36H55N7O5/c1-5-10-27(30(44)34(47)40-24-15-16-24)41-33(46)29-26-14-9-13-23(26)21-43(29)35(48)31(36(2,3)4)42-32(45)28(22-11-7-6-8-12-22)39-20-25-19-37-17-18-38-25/h17-19,22-24,26-29,31,39H,5-16,20-21H2,1-4H3,(H,40,47)(H,41,46)(H,42,45)/t23-,26-,27-,28-,29-,31+/m0/s1. The van der Waals surface area contributed by atoms with Gasteiger partial charge in [0.15, 0.2) is 0 Å². The molecule has 6 atom stereocenters. The molecular formula is C36H55N7O5. The Labute approximate surface area is 284 Å². The molecule has 0 spiro atoms. The smallest absolute Gasteiger partial charge is 0.289 e. The number of Topliss-reactive ketones (excluding diaryl/α,β-unsaturated/α-hetero) is 1. The van der Waals surface area contributed by atoms with E-state index >= 15 is 0 Å². The molecule has 264 valence electrons. The highest BCUT2D eigenvalue weighted by atomic mass is 16.2. The molecule has 1 aromatic rings. The van der Waals surface area contributed by atoms with Crippen LogP contribution in [0.5, 0.6) is 0 Å². The number of ketones is 1. The van der Waals surface area contributed by atoms with Gasteiger partial charge in [0.2, 0.25) is 23.5 Å². The lowest BCUT2D eigenvalue weighted by Gasteiger charge is -2.38. The van der Waals surface area contributed by atoms with E-state index in [-0.39, 0.29) is 35.6 Å². The van der Waals surface area contributed by atoms with Crippen LogP contribution in [0.1, 0.15) is 110 Å². The Kier molecular flexibility index (Phi) is 11.9. The van der Waals surface area contributed by atoms with Gasteiger partial charge in [-0.1, -0.05) is 59.8 Å². The first-order valence-corrected chi connectivity index (χ1v) is 18.2. The zero-order chi connectivity index (χ0) is 34.4.